The molecule has 0 amide bonds. The van der Waals surface area contributed by atoms with Crippen molar-refractivity contribution in [3.8, 4) is 0 Å². The quantitative estimate of drug-likeness (QED) is 0.537. The molecule has 0 heterocycles. The van der Waals surface area contributed by atoms with Crippen molar-refractivity contribution in [1.82, 2.24) is 4.90 Å². The van der Waals surface area contributed by atoms with Gasteiger partial charge in [0.1, 0.15) is 0 Å². The van der Waals surface area contributed by atoms with E-state index in [0.29, 0.717) is 0 Å². The monoisotopic (exact) mass is 189 g/mol. The van der Waals surface area contributed by atoms with Crippen LogP contribution in [0.3, 0.4) is 0 Å². The Labute approximate surface area is 84.9 Å². The van der Waals surface area contributed by atoms with Gasteiger partial charge in [0.15, 0.2) is 5.78 Å². The topological polar surface area (TPSA) is 20.3 Å². The number of carbonyl (C=O) groups excluding carboxylic acids is 1. The average Bonchev–Trinajstić information content (AvgIpc) is 2.14. The number of hydrogen-bond acceptors (Lipinski definition) is 2. The van der Waals surface area contributed by atoms with Gasteiger partial charge < -0.3 is 4.90 Å². The molecular weight excluding hydrogens is 174 g/mol. The molecular formula is C12H15NO. The number of hydrogen-bond donors (Lipinski definition) is 0. The summed E-state index contributed by atoms with van der Waals surface area (Å²) in [6, 6.07) is 7.59. The molecule has 0 bridgehead atoms. The van der Waals surface area contributed by atoms with Crippen LogP contribution >= 0.6 is 0 Å². The predicted molar refractivity (Wildman–Crippen MR) is 58.3 cm³/mol. The zero-order valence-corrected chi connectivity index (χ0v) is 8.82. The SMILES string of the molecule is Cc1cccc(C(=O)C=CN(C)C)c1. The van der Waals surface area contributed by atoms with Gasteiger partial charge in [0, 0.05) is 31.9 Å². The Kier molecular flexibility index (Phi) is 3.46. The molecule has 1 aromatic carbocycles. The molecule has 1 rings (SSSR count). The van der Waals surface area contributed by atoms with Crippen LogP contribution in [0, 0.1) is 6.92 Å². The molecule has 0 aromatic heterocycles. The number of nitrogens with zero attached hydrogens (tertiary/aromatic N) is 1. The van der Waals surface area contributed by atoms with Gasteiger partial charge in [-0.05, 0) is 13.0 Å². The molecule has 0 radical (unpaired) electrons. The smallest absolute Gasteiger partial charge is 0.187 e. The fraction of sp³-hybridized carbons (Fsp3) is 0.250. The van der Waals surface area contributed by atoms with Gasteiger partial charge in [-0.2, -0.15) is 0 Å². The third-order valence-corrected chi connectivity index (χ3v) is 1.83. The zero-order valence-electron chi connectivity index (χ0n) is 8.82. The Morgan fingerprint density at radius 3 is 2.64 bits per heavy atom. The first-order valence-corrected chi connectivity index (χ1v) is 4.55. The summed E-state index contributed by atoms with van der Waals surface area (Å²) in [6.45, 7) is 1.98. The Morgan fingerprint density at radius 1 is 1.36 bits per heavy atom. The summed E-state index contributed by atoms with van der Waals surface area (Å²) in [6.07, 6.45) is 3.33. The summed E-state index contributed by atoms with van der Waals surface area (Å²) in [5, 5.41) is 0. The standard InChI is InChI=1S/C12H15NO/c1-10-5-4-6-11(9-10)12(14)7-8-13(2)3/h4-9H,1-3H3. The van der Waals surface area contributed by atoms with Crippen LogP contribution in [0.4, 0.5) is 0 Å². The van der Waals surface area contributed by atoms with Crippen LogP contribution in [0.25, 0.3) is 0 Å². The third-order valence-electron chi connectivity index (χ3n) is 1.83. The van der Waals surface area contributed by atoms with E-state index < -0.39 is 0 Å². The van der Waals surface area contributed by atoms with E-state index in [9.17, 15) is 4.79 Å². The van der Waals surface area contributed by atoms with Crippen molar-refractivity contribution >= 4 is 5.78 Å². The van der Waals surface area contributed by atoms with E-state index in [1.807, 2.05) is 50.2 Å². The van der Waals surface area contributed by atoms with Gasteiger partial charge in [-0.15, -0.1) is 0 Å². The minimum Gasteiger partial charge on any atom is -0.383 e. The minimum absolute atomic E-state index is 0.0439. The molecule has 0 unspecified atom stereocenters. The van der Waals surface area contributed by atoms with Gasteiger partial charge in [-0.1, -0.05) is 23.8 Å². The Balaban J connectivity index is 2.80. The number of carbonyl (C=O) groups is 1. The highest BCUT2D eigenvalue weighted by atomic mass is 16.1. The predicted octanol–water partition coefficient (Wildman–Crippen LogP) is 2.25. The number of benzene rings is 1. The molecule has 14 heavy (non-hydrogen) atoms. The normalized spacial score (nSPS) is 10.5. The first-order chi connectivity index (χ1) is 6.59. The maximum atomic E-state index is 11.6. The maximum absolute atomic E-state index is 11.6. The van der Waals surface area contributed by atoms with Gasteiger partial charge in [-0.3, -0.25) is 4.79 Å². The Hall–Kier alpha value is -1.57. The number of allylic oxidation sites excluding steroid dienone is 1. The van der Waals surface area contributed by atoms with Crippen molar-refractivity contribution in [2.24, 2.45) is 0 Å². The van der Waals surface area contributed by atoms with Crippen molar-refractivity contribution < 1.29 is 4.79 Å². The summed E-state index contributed by atoms with van der Waals surface area (Å²) in [5.74, 6) is 0.0439. The number of rotatable bonds is 3. The van der Waals surface area contributed by atoms with Crippen LogP contribution in [0.15, 0.2) is 36.5 Å². The first kappa shape index (κ1) is 10.5. The van der Waals surface area contributed by atoms with Crippen molar-refractivity contribution in [2.45, 2.75) is 6.92 Å². The van der Waals surface area contributed by atoms with Crippen LogP contribution in [0.1, 0.15) is 15.9 Å². The van der Waals surface area contributed by atoms with E-state index in [0.717, 1.165) is 11.1 Å². The molecule has 0 N–H and O–H groups in total. The lowest BCUT2D eigenvalue weighted by Gasteiger charge is -2.03. The van der Waals surface area contributed by atoms with E-state index in [1.54, 1.807) is 12.3 Å². The highest BCUT2D eigenvalue weighted by Gasteiger charge is 2.00. The molecule has 1 aromatic rings. The van der Waals surface area contributed by atoms with Gasteiger partial charge in [0.05, 0.1) is 0 Å². The first-order valence-electron chi connectivity index (χ1n) is 4.55. The van der Waals surface area contributed by atoms with Crippen LogP contribution in [-0.2, 0) is 0 Å². The summed E-state index contributed by atoms with van der Waals surface area (Å²) in [4.78, 5) is 13.4. The molecule has 0 aliphatic heterocycles. The number of aryl methyl sites for hydroxylation is 1. The molecule has 74 valence electrons. The lowest BCUT2D eigenvalue weighted by molar-refractivity contribution is 0.104. The van der Waals surface area contributed by atoms with Crippen molar-refractivity contribution in [2.75, 3.05) is 14.1 Å². The van der Waals surface area contributed by atoms with E-state index in [1.165, 1.54) is 0 Å². The van der Waals surface area contributed by atoms with Crippen LogP contribution in [-0.4, -0.2) is 24.8 Å². The maximum Gasteiger partial charge on any atom is 0.187 e. The van der Waals surface area contributed by atoms with E-state index in [4.69, 9.17) is 0 Å². The lowest BCUT2D eigenvalue weighted by Crippen LogP contribution is -2.03. The largest absolute Gasteiger partial charge is 0.383 e. The van der Waals surface area contributed by atoms with E-state index in [2.05, 4.69) is 0 Å². The van der Waals surface area contributed by atoms with Gasteiger partial charge >= 0.3 is 0 Å². The summed E-state index contributed by atoms with van der Waals surface area (Å²) in [7, 11) is 3.78. The van der Waals surface area contributed by atoms with Gasteiger partial charge in [-0.25, -0.2) is 0 Å². The average molecular weight is 189 g/mol. The second kappa shape index (κ2) is 4.61. The summed E-state index contributed by atoms with van der Waals surface area (Å²) < 4.78 is 0. The Bertz CT molecular complexity index is 353. The molecule has 2 heteroatoms. The van der Waals surface area contributed by atoms with E-state index >= 15 is 0 Å². The molecule has 0 saturated heterocycles. The van der Waals surface area contributed by atoms with Gasteiger partial charge in [0.25, 0.3) is 0 Å². The fourth-order valence-corrected chi connectivity index (χ4v) is 1.11. The van der Waals surface area contributed by atoms with Crippen LogP contribution < -0.4 is 0 Å². The second-order valence-electron chi connectivity index (χ2n) is 3.51. The third kappa shape index (κ3) is 3.05. The molecule has 0 aliphatic rings. The van der Waals surface area contributed by atoms with Crippen molar-refractivity contribution in [3.63, 3.8) is 0 Å². The van der Waals surface area contributed by atoms with Crippen LogP contribution in [0.5, 0.6) is 0 Å². The van der Waals surface area contributed by atoms with Gasteiger partial charge in [0.2, 0.25) is 0 Å². The van der Waals surface area contributed by atoms with Crippen molar-refractivity contribution in [1.29, 1.82) is 0 Å². The lowest BCUT2D eigenvalue weighted by atomic mass is 10.1. The molecule has 0 fully saturated rings. The molecule has 0 spiro atoms. The second-order valence-corrected chi connectivity index (χ2v) is 3.51. The fourth-order valence-electron chi connectivity index (χ4n) is 1.11. The molecule has 2 nitrogen and oxygen atoms in total. The zero-order chi connectivity index (χ0) is 10.6. The highest BCUT2D eigenvalue weighted by molar-refractivity contribution is 6.04. The summed E-state index contributed by atoms with van der Waals surface area (Å²) in [5.41, 5.74) is 1.84. The molecule has 0 atom stereocenters. The van der Waals surface area contributed by atoms with E-state index in [-0.39, 0.29) is 5.78 Å². The summed E-state index contributed by atoms with van der Waals surface area (Å²) >= 11 is 0. The minimum atomic E-state index is 0.0439. The molecule has 0 aliphatic carbocycles. The van der Waals surface area contributed by atoms with Crippen molar-refractivity contribution in [3.05, 3.63) is 47.7 Å². The van der Waals surface area contributed by atoms with Crippen LogP contribution in [0.2, 0.25) is 0 Å². The molecule has 0 saturated carbocycles. The Morgan fingerprint density at radius 2 is 2.07 bits per heavy atom. The number of ketones is 1. The highest BCUT2D eigenvalue weighted by Crippen LogP contribution is 2.05.